The summed E-state index contributed by atoms with van der Waals surface area (Å²) in [6.07, 6.45) is 0.339. The Hall–Kier alpha value is -2.43. The first-order chi connectivity index (χ1) is 10.2. The van der Waals surface area contributed by atoms with Crippen LogP contribution >= 0.6 is 0 Å². The lowest BCUT2D eigenvalue weighted by Gasteiger charge is -2.06. The topological polar surface area (TPSA) is 64.1 Å². The van der Waals surface area contributed by atoms with Crippen LogP contribution in [0.1, 0.15) is 23.9 Å². The highest BCUT2D eigenvalue weighted by molar-refractivity contribution is 5.78. The zero-order chi connectivity index (χ0) is 15.1. The molecule has 21 heavy (non-hydrogen) atoms. The van der Waals surface area contributed by atoms with Crippen LogP contribution in [-0.2, 0) is 17.8 Å². The zero-order valence-electron chi connectivity index (χ0n) is 12.3. The Labute approximate surface area is 124 Å². The number of rotatable bonds is 6. The molecular formula is C16H19N3O2. The molecule has 1 aromatic carbocycles. The molecule has 0 aliphatic rings. The number of benzene rings is 1. The number of hydrogen-bond donors (Lipinski definition) is 1. The summed E-state index contributed by atoms with van der Waals surface area (Å²) in [6, 6.07) is 11.3. The Balaban J connectivity index is 1.82. The maximum atomic E-state index is 11.9. The first-order valence-electron chi connectivity index (χ1n) is 6.95. The van der Waals surface area contributed by atoms with Crippen LogP contribution in [0.3, 0.4) is 0 Å². The highest BCUT2D eigenvalue weighted by atomic mass is 16.5. The normalized spacial score (nSPS) is 10.2. The van der Waals surface area contributed by atoms with E-state index < -0.39 is 0 Å². The number of ether oxygens (including phenoxy) is 1. The molecule has 0 unspecified atom stereocenters. The smallest absolute Gasteiger partial charge is 0.224 e. The van der Waals surface area contributed by atoms with Crippen molar-refractivity contribution in [1.29, 1.82) is 0 Å². The molecule has 0 bridgehead atoms. The predicted molar refractivity (Wildman–Crippen MR) is 79.9 cm³/mol. The number of nitrogens with one attached hydrogen (secondary N) is 1. The standard InChI is InChI=1S/C16H19N3O2/c1-3-21-15-8-5-13(6-9-15)10-16(20)17-11-14-7-4-12(2)18-19-14/h4-9H,3,10-11H2,1-2H3,(H,17,20). The minimum Gasteiger partial charge on any atom is -0.494 e. The van der Waals surface area contributed by atoms with Crippen LogP contribution in [0.5, 0.6) is 5.75 Å². The molecule has 0 radical (unpaired) electrons. The molecule has 0 aliphatic carbocycles. The van der Waals surface area contributed by atoms with Gasteiger partial charge >= 0.3 is 0 Å². The van der Waals surface area contributed by atoms with Gasteiger partial charge in [0.15, 0.2) is 0 Å². The minimum atomic E-state index is -0.0402. The molecule has 0 saturated heterocycles. The van der Waals surface area contributed by atoms with Crippen molar-refractivity contribution in [3.63, 3.8) is 0 Å². The number of aromatic nitrogens is 2. The summed E-state index contributed by atoms with van der Waals surface area (Å²) in [6.45, 7) is 4.84. The van der Waals surface area contributed by atoms with Crippen molar-refractivity contribution in [3.05, 3.63) is 53.3 Å². The molecule has 1 N–H and O–H groups in total. The molecule has 5 heteroatoms. The number of aryl methyl sites for hydroxylation is 1. The van der Waals surface area contributed by atoms with Crippen LogP contribution in [0.2, 0.25) is 0 Å². The van der Waals surface area contributed by atoms with E-state index in [1.54, 1.807) is 0 Å². The van der Waals surface area contributed by atoms with Crippen LogP contribution in [0.25, 0.3) is 0 Å². The summed E-state index contributed by atoms with van der Waals surface area (Å²) in [4.78, 5) is 11.9. The summed E-state index contributed by atoms with van der Waals surface area (Å²) >= 11 is 0. The lowest BCUT2D eigenvalue weighted by atomic mass is 10.1. The number of amides is 1. The van der Waals surface area contributed by atoms with E-state index in [1.165, 1.54) is 0 Å². The lowest BCUT2D eigenvalue weighted by Crippen LogP contribution is -2.25. The number of nitrogens with zero attached hydrogens (tertiary/aromatic N) is 2. The molecule has 0 aliphatic heterocycles. The van der Waals surface area contributed by atoms with Crippen LogP contribution in [0, 0.1) is 6.92 Å². The Morgan fingerprint density at radius 1 is 1.14 bits per heavy atom. The van der Waals surface area contributed by atoms with Crippen molar-refractivity contribution in [2.75, 3.05) is 6.61 Å². The SMILES string of the molecule is CCOc1ccc(CC(=O)NCc2ccc(C)nn2)cc1. The highest BCUT2D eigenvalue weighted by Crippen LogP contribution is 2.12. The minimum absolute atomic E-state index is 0.0402. The lowest BCUT2D eigenvalue weighted by molar-refractivity contribution is -0.120. The molecule has 1 amide bonds. The Kier molecular flexibility index (Phi) is 5.26. The second kappa shape index (κ2) is 7.38. The number of carbonyl (C=O) groups excluding carboxylic acids is 1. The molecule has 0 saturated carbocycles. The largest absolute Gasteiger partial charge is 0.494 e. The van der Waals surface area contributed by atoms with Gasteiger partial charge in [-0.2, -0.15) is 10.2 Å². The molecule has 0 spiro atoms. The summed E-state index contributed by atoms with van der Waals surface area (Å²) in [5.41, 5.74) is 2.56. The van der Waals surface area contributed by atoms with Gasteiger partial charge in [0.05, 0.1) is 31.0 Å². The van der Waals surface area contributed by atoms with Crippen molar-refractivity contribution in [3.8, 4) is 5.75 Å². The van der Waals surface area contributed by atoms with Gasteiger partial charge in [-0.1, -0.05) is 12.1 Å². The second-order valence-corrected chi connectivity index (χ2v) is 4.70. The van der Waals surface area contributed by atoms with Crippen molar-refractivity contribution in [2.24, 2.45) is 0 Å². The van der Waals surface area contributed by atoms with E-state index in [-0.39, 0.29) is 5.91 Å². The molecule has 0 fully saturated rings. The van der Waals surface area contributed by atoms with E-state index in [9.17, 15) is 4.79 Å². The van der Waals surface area contributed by atoms with Crippen LogP contribution in [-0.4, -0.2) is 22.7 Å². The van der Waals surface area contributed by atoms with Crippen molar-refractivity contribution >= 4 is 5.91 Å². The third-order valence-corrected chi connectivity index (χ3v) is 2.92. The Morgan fingerprint density at radius 3 is 2.52 bits per heavy atom. The van der Waals surface area contributed by atoms with E-state index in [2.05, 4.69) is 15.5 Å². The summed E-state index contributed by atoms with van der Waals surface area (Å²) in [7, 11) is 0. The van der Waals surface area contributed by atoms with Crippen molar-refractivity contribution in [2.45, 2.75) is 26.8 Å². The molecule has 0 atom stereocenters. The van der Waals surface area contributed by atoms with Gasteiger partial charge in [-0.3, -0.25) is 4.79 Å². The third-order valence-electron chi connectivity index (χ3n) is 2.92. The fraction of sp³-hybridized carbons (Fsp3) is 0.312. The van der Waals surface area contributed by atoms with Crippen molar-refractivity contribution < 1.29 is 9.53 Å². The molecule has 1 aromatic heterocycles. The molecular weight excluding hydrogens is 266 g/mol. The Morgan fingerprint density at radius 2 is 1.90 bits per heavy atom. The maximum absolute atomic E-state index is 11.9. The van der Waals surface area contributed by atoms with Gasteiger partial charge in [-0.25, -0.2) is 0 Å². The fourth-order valence-electron chi connectivity index (χ4n) is 1.83. The first kappa shape index (κ1) is 15.0. The second-order valence-electron chi connectivity index (χ2n) is 4.70. The van der Waals surface area contributed by atoms with E-state index in [4.69, 9.17) is 4.74 Å². The quantitative estimate of drug-likeness (QED) is 0.882. The van der Waals surface area contributed by atoms with Crippen LogP contribution < -0.4 is 10.1 Å². The summed E-state index contributed by atoms with van der Waals surface area (Å²) in [5.74, 6) is 0.776. The Bertz CT molecular complexity index is 579. The van der Waals surface area contributed by atoms with E-state index in [1.807, 2.05) is 50.2 Å². The summed E-state index contributed by atoms with van der Waals surface area (Å²) in [5, 5.41) is 10.8. The van der Waals surface area contributed by atoms with E-state index in [0.717, 1.165) is 22.7 Å². The molecule has 1 heterocycles. The fourth-order valence-corrected chi connectivity index (χ4v) is 1.83. The predicted octanol–water partition coefficient (Wildman–Crippen LogP) is 2.04. The zero-order valence-corrected chi connectivity index (χ0v) is 12.3. The van der Waals surface area contributed by atoms with Crippen LogP contribution in [0.4, 0.5) is 0 Å². The van der Waals surface area contributed by atoms with Gasteiger partial charge in [0.2, 0.25) is 5.91 Å². The molecule has 5 nitrogen and oxygen atoms in total. The van der Waals surface area contributed by atoms with Crippen LogP contribution in [0.15, 0.2) is 36.4 Å². The van der Waals surface area contributed by atoms with Gasteiger partial charge in [-0.15, -0.1) is 0 Å². The average Bonchev–Trinajstić information content (AvgIpc) is 2.49. The molecule has 2 aromatic rings. The van der Waals surface area contributed by atoms with Gasteiger partial charge in [0, 0.05) is 0 Å². The van der Waals surface area contributed by atoms with E-state index in [0.29, 0.717) is 19.6 Å². The third kappa shape index (κ3) is 4.87. The van der Waals surface area contributed by atoms with Gasteiger partial charge < -0.3 is 10.1 Å². The molecule has 110 valence electrons. The summed E-state index contributed by atoms with van der Waals surface area (Å²) < 4.78 is 5.37. The number of hydrogen-bond acceptors (Lipinski definition) is 4. The van der Waals surface area contributed by atoms with Gasteiger partial charge in [-0.05, 0) is 43.7 Å². The van der Waals surface area contributed by atoms with Gasteiger partial charge in [0.25, 0.3) is 0 Å². The highest BCUT2D eigenvalue weighted by Gasteiger charge is 2.04. The monoisotopic (exact) mass is 285 g/mol. The first-order valence-corrected chi connectivity index (χ1v) is 6.95. The van der Waals surface area contributed by atoms with Crippen molar-refractivity contribution in [1.82, 2.24) is 15.5 Å². The maximum Gasteiger partial charge on any atom is 0.224 e. The molecule has 2 rings (SSSR count). The number of carbonyl (C=O) groups is 1. The van der Waals surface area contributed by atoms with E-state index >= 15 is 0 Å². The van der Waals surface area contributed by atoms with Gasteiger partial charge in [0.1, 0.15) is 5.75 Å². The average molecular weight is 285 g/mol.